The van der Waals surface area contributed by atoms with Gasteiger partial charge in [0.05, 0.1) is 28.6 Å². The minimum atomic E-state index is -0.390. The zero-order valence-electron chi connectivity index (χ0n) is 17.0. The third-order valence-electron chi connectivity index (χ3n) is 5.40. The number of fused-ring (bicyclic) bond motifs is 4. The molecule has 1 amide bonds. The molecule has 7 nitrogen and oxygen atoms in total. The number of thiophene rings is 1. The Morgan fingerprint density at radius 1 is 1.29 bits per heavy atom. The van der Waals surface area contributed by atoms with E-state index in [-0.39, 0.29) is 17.6 Å². The van der Waals surface area contributed by atoms with Gasteiger partial charge in [0, 0.05) is 4.88 Å². The Labute approximate surface area is 190 Å². The number of carbonyl (C=O) groups excluding carboxylic acids is 2. The molecule has 3 aromatic heterocycles. The second-order valence-electron chi connectivity index (χ2n) is 7.55. The van der Waals surface area contributed by atoms with Gasteiger partial charge in [-0.15, -0.1) is 21.5 Å². The molecule has 1 atom stereocenters. The van der Waals surface area contributed by atoms with Crippen molar-refractivity contribution in [3.05, 3.63) is 40.3 Å². The lowest BCUT2D eigenvalue weighted by Gasteiger charge is -2.18. The number of thiazole rings is 1. The fourth-order valence-electron chi connectivity index (χ4n) is 3.90. The molecule has 1 aromatic carbocycles. The number of thioether (sulfide) groups is 1. The number of hydrogen-bond acceptors (Lipinski definition) is 8. The first-order valence-corrected chi connectivity index (χ1v) is 12.5. The molecule has 1 aliphatic carbocycles. The lowest BCUT2D eigenvalue weighted by atomic mass is 9.88. The topological polar surface area (TPSA) is 85.6 Å². The first-order chi connectivity index (χ1) is 15.0. The van der Waals surface area contributed by atoms with Gasteiger partial charge in [0.25, 0.3) is 0 Å². The number of methoxy groups -OCH3 is 1. The molecule has 0 bridgehead atoms. The molecule has 0 aliphatic heterocycles. The third kappa shape index (κ3) is 3.72. The molecule has 0 fully saturated rings. The average Bonchev–Trinajstić information content (AvgIpc) is 3.42. The fraction of sp³-hybridized carbons (Fsp3) is 0.333. The van der Waals surface area contributed by atoms with Crippen LogP contribution in [0.25, 0.3) is 15.2 Å². The minimum Gasteiger partial charge on any atom is -0.465 e. The van der Waals surface area contributed by atoms with Gasteiger partial charge in [0.15, 0.2) is 5.16 Å². The van der Waals surface area contributed by atoms with Crippen molar-refractivity contribution in [3.8, 4) is 0 Å². The normalized spacial score (nSPS) is 15.9. The van der Waals surface area contributed by atoms with Crippen LogP contribution in [0.4, 0.5) is 5.00 Å². The van der Waals surface area contributed by atoms with Crippen LogP contribution >= 0.6 is 34.4 Å². The van der Waals surface area contributed by atoms with Crippen molar-refractivity contribution < 1.29 is 14.3 Å². The molecular weight excluding hydrogens is 452 g/mol. The number of hydrogen-bond donors (Lipinski definition) is 1. The molecule has 31 heavy (non-hydrogen) atoms. The van der Waals surface area contributed by atoms with Crippen LogP contribution in [0.5, 0.6) is 0 Å². The molecule has 0 radical (unpaired) electrons. The summed E-state index contributed by atoms with van der Waals surface area (Å²) in [6.45, 7) is 2.21. The quantitative estimate of drug-likeness (QED) is 0.336. The molecule has 1 N–H and O–H groups in total. The molecule has 0 unspecified atom stereocenters. The zero-order chi connectivity index (χ0) is 21.5. The predicted octanol–water partition coefficient (Wildman–Crippen LogP) is 4.65. The number of para-hydroxylation sites is 1. The van der Waals surface area contributed by atoms with Crippen molar-refractivity contribution in [1.82, 2.24) is 14.6 Å². The molecule has 10 heteroatoms. The number of esters is 1. The highest BCUT2D eigenvalue weighted by Gasteiger charge is 2.29. The van der Waals surface area contributed by atoms with E-state index in [2.05, 4.69) is 22.4 Å². The van der Waals surface area contributed by atoms with Crippen LogP contribution in [0.3, 0.4) is 0 Å². The number of carbonyl (C=O) groups is 2. The molecule has 0 spiro atoms. The van der Waals surface area contributed by atoms with Gasteiger partial charge in [0.1, 0.15) is 5.00 Å². The number of rotatable bonds is 5. The number of nitrogens with one attached hydrogen (secondary N) is 1. The Bertz CT molecular complexity index is 1310. The summed E-state index contributed by atoms with van der Waals surface area (Å²) in [5.74, 6) is 0.174. The van der Waals surface area contributed by atoms with E-state index in [0.717, 1.165) is 40.0 Å². The van der Waals surface area contributed by atoms with Gasteiger partial charge in [-0.1, -0.05) is 42.2 Å². The number of ether oxygens (including phenoxy) is 1. The van der Waals surface area contributed by atoms with Crippen LogP contribution in [0.1, 0.15) is 34.1 Å². The van der Waals surface area contributed by atoms with E-state index in [0.29, 0.717) is 21.6 Å². The smallest absolute Gasteiger partial charge is 0.341 e. The number of anilines is 1. The molecule has 160 valence electrons. The molecule has 0 saturated heterocycles. The van der Waals surface area contributed by atoms with E-state index in [1.54, 1.807) is 11.3 Å². The number of nitrogens with zero attached hydrogens (tertiary/aromatic N) is 3. The number of amides is 1. The first kappa shape index (κ1) is 20.5. The lowest BCUT2D eigenvalue weighted by Crippen LogP contribution is -2.17. The summed E-state index contributed by atoms with van der Waals surface area (Å²) in [6.07, 6.45) is 2.80. The SMILES string of the molecule is COC(=O)c1c(NC(=O)CSc2nnc3sc4ccccc4n23)sc2c1CC[C@@H](C)C2. The van der Waals surface area contributed by atoms with Crippen molar-refractivity contribution in [3.63, 3.8) is 0 Å². The van der Waals surface area contributed by atoms with Crippen LogP contribution in [0.15, 0.2) is 29.4 Å². The predicted molar refractivity (Wildman–Crippen MR) is 125 cm³/mol. The molecule has 3 heterocycles. The summed E-state index contributed by atoms with van der Waals surface area (Å²) in [5.41, 5.74) is 2.58. The summed E-state index contributed by atoms with van der Waals surface area (Å²) in [7, 11) is 1.38. The maximum atomic E-state index is 12.8. The van der Waals surface area contributed by atoms with Gasteiger partial charge < -0.3 is 10.1 Å². The van der Waals surface area contributed by atoms with Gasteiger partial charge in [0.2, 0.25) is 10.9 Å². The molecular formula is C21H20N4O3S3. The van der Waals surface area contributed by atoms with Gasteiger partial charge in [-0.25, -0.2) is 4.79 Å². The Morgan fingerprint density at radius 2 is 2.13 bits per heavy atom. The van der Waals surface area contributed by atoms with Crippen molar-refractivity contribution in [2.75, 3.05) is 18.2 Å². The van der Waals surface area contributed by atoms with Crippen LogP contribution in [-0.2, 0) is 22.4 Å². The van der Waals surface area contributed by atoms with Gasteiger partial charge in [-0.3, -0.25) is 9.20 Å². The summed E-state index contributed by atoms with van der Waals surface area (Å²) in [5, 5.41) is 12.7. The zero-order valence-corrected chi connectivity index (χ0v) is 19.5. The highest BCUT2D eigenvalue weighted by molar-refractivity contribution is 7.99. The second-order valence-corrected chi connectivity index (χ2v) is 10.6. The number of benzene rings is 1. The van der Waals surface area contributed by atoms with Crippen LogP contribution < -0.4 is 5.32 Å². The van der Waals surface area contributed by atoms with Crippen LogP contribution in [0, 0.1) is 5.92 Å². The Kier molecular flexibility index (Phi) is 5.45. The van der Waals surface area contributed by atoms with E-state index in [9.17, 15) is 9.59 Å². The van der Waals surface area contributed by atoms with Gasteiger partial charge in [-0.05, 0) is 42.9 Å². The Morgan fingerprint density at radius 3 is 2.97 bits per heavy atom. The van der Waals surface area contributed by atoms with E-state index in [1.165, 1.54) is 35.1 Å². The first-order valence-electron chi connectivity index (χ1n) is 9.93. The summed E-state index contributed by atoms with van der Waals surface area (Å²) in [6, 6.07) is 8.03. The standard InChI is InChI=1S/C21H20N4O3S3/c1-11-7-8-12-15(9-11)30-18(17(12)19(27)28-2)22-16(26)10-29-20-23-24-21-25(20)13-5-3-4-6-14(13)31-21/h3-6,11H,7-10H2,1-2H3,(H,22,26)/t11-/m1/s1. The number of aromatic nitrogens is 3. The van der Waals surface area contributed by atoms with Crippen molar-refractivity contribution in [1.29, 1.82) is 0 Å². The van der Waals surface area contributed by atoms with Crippen molar-refractivity contribution in [2.24, 2.45) is 5.92 Å². The van der Waals surface area contributed by atoms with E-state index >= 15 is 0 Å². The van der Waals surface area contributed by atoms with Gasteiger partial charge >= 0.3 is 5.97 Å². The van der Waals surface area contributed by atoms with E-state index in [1.807, 2.05) is 28.7 Å². The summed E-state index contributed by atoms with van der Waals surface area (Å²) < 4.78 is 8.10. The second kappa shape index (κ2) is 8.25. The van der Waals surface area contributed by atoms with E-state index < -0.39 is 0 Å². The van der Waals surface area contributed by atoms with Crippen molar-refractivity contribution >= 4 is 66.5 Å². The molecule has 4 aromatic rings. The maximum absolute atomic E-state index is 12.8. The molecule has 0 saturated carbocycles. The average molecular weight is 473 g/mol. The maximum Gasteiger partial charge on any atom is 0.341 e. The fourth-order valence-corrected chi connectivity index (χ4v) is 7.08. The molecule has 1 aliphatic rings. The highest BCUT2D eigenvalue weighted by Crippen LogP contribution is 2.40. The minimum absolute atomic E-state index is 0.171. The Balaban J connectivity index is 1.36. The summed E-state index contributed by atoms with van der Waals surface area (Å²) in [4.78, 5) is 27.2. The molecule has 5 rings (SSSR count). The third-order valence-corrected chi connectivity index (χ3v) is 8.51. The van der Waals surface area contributed by atoms with Crippen molar-refractivity contribution in [2.45, 2.75) is 31.3 Å². The summed E-state index contributed by atoms with van der Waals surface area (Å²) >= 11 is 4.39. The van der Waals surface area contributed by atoms with Gasteiger partial charge in [-0.2, -0.15) is 0 Å². The lowest BCUT2D eigenvalue weighted by molar-refractivity contribution is -0.113. The monoisotopic (exact) mass is 472 g/mol. The van der Waals surface area contributed by atoms with Crippen LogP contribution in [0.2, 0.25) is 0 Å². The Hall–Kier alpha value is -2.43. The van der Waals surface area contributed by atoms with E-state index in [4.69, 9.17) is 4.74 Å². The highest BCUT2D eigenvalue weighted by atomic mass is 32.2. The largest absolute Gasteiger partial charge is 0.465 e. The van der Waals surface area contributed by atoms with Crippen LogP contribution in [-0.4, -0.2) is 39.3 Å².